The monoisotopic (exact) mass is 520 g/mol. The molecule has 8 heteroatoms. The first-order valence-electron chi connectivity index (χ1n) is 13.2. The minimum absolute atomic E-state index is 0.0948. The summed E-state index contributed by atoms with van der Waals surface area (Å²) in [4.78, 5) is 45.3. The van der Waals surface area contributed by atoms with Gasteiger partial charge in [0.15, 0.2) is 5.01 Å². The van der Waals surface area contributed by atoms with Crippen molar-refractivity contribution in [3.05, 3.63) is 65.2 Å². The number of piperidine rings is 1. The number of benzene rings is 2. The van der Waals surface area contributed by atoms with Crippen molar-refractivity contribution in [1.29, 1.82) is 0 Å². The van der Waals surface area contributed by atoms with Gasteiger partial charge in [0, 0.05) is 19.0 Å². The van der Waals surface area contributed by atoms with Gasteiger partial charge in [-0.3, -0.25) is 9.59 Å². The average Bonchev–Trinajstić information content (AvgIpc) is 3.37. The van der Waals surface area contributed by atoms with Gasteiger partial charge in [-0.2, -0.15) is 0 Å². The standard InChI is InChI=1S/C29H36N4O3S/c30-15-7-6-13-25(27(35)29-32-24-12-4-5-14-26(24)37-29)31-28(36)23-11-8-16-33(19-23)18-22(20-34)17-21-9-2-1-3-10-21/h1-5,9-10,12,14,20,22-23,25H,6-8,11,13,15-19,30H2,(H,31,36)/t22?,23-,25?/m1/s1. The molecule has 2 heterocycles. The van der Waals surface area contributed by atoms with E-state index in [2.05, 4.69) is 15.2 Å². The fraction of sp³-hybridized carbons (Fsp3) is 0.448. The van der Waals surface area contributed by atoms with Crippen molar-refractivity contribution in [3.8, 4) is 0 Å². The lowest BCUT2D eigenvalue weighted by Crippen LogP contribution is -2.49. The summed E-state index contributed by atoms with van der Waals surface area (Å²) in [7, 11) is 0. The topological polar surface area (TPSA) is 105 Å². The summed E-state index contributed by atoms with van der Waals surface area (Å²) in [5.41, 5.74) is 7.61. The molecule has 2 unspecified atom stereocenters. The van der Waals surface area contributed by atoms with Crippen LogP contribution in [0.15, 0.2) is 54.6 Å². The number of thiazole rings is 1. The molecule has 3 aromatic rings. The number of fused-ring (bicyclic) bond motifs is 1. The van der Waals surface area contributed by atoms with Crippen LogP contribution in [-0.4, -0.2) is 60.1 Å². The third-order valence-corrected chi connectivity index (χ3v) is 8.04. The van der Waals surface area contributed by atoms with E-state index in [4.69, 9.17) is 5.73 Å². The molecule has 3 atom stereocenters. The second-order valence-electron chi connectivity index (χ2n) is 9.88. The Bertz CT molecular complexity index is 1150. The van der Waals surface area contributed by atoms with Crippen LogP contribution in [-0.2, 0) is 16.0 Å². The second kappa shape index (κ2) is 13.6. The van der Waals surface area contributed by atoms with Crippen molar-refractivity contribution in [1.82, 2.24) is 15.2 Å². The highest BCUT2D eigenvalue weighted by Crippen LogP contribution is 2.24. The Morgan fingerprint density at radius 3 is 2.68 bits per heavy atom. The van der Waals surface area contributed by atoms with Gasteiger partial charge < -0.3 is 20.7 Å². The van der Waals surface area contributed by atoms with Gasteiger partial charge in [0.2, 0.25) is 11.7 Å². The van der Waals surface area contributed by atoms with Gasteiger partial charge in [-0.1, -0.05) is 42.5 Å². The molecule has 1 aromatic heterocycles. The minimum Gasteiger partial charge on any atom is -0.346 e. The van der Waals surface area contributed by atoms with Crippen LogP contribution in [0.1, 0.15) is 47.5 Å². The van der Waals surface area contributed by atoms with Gasteiger partial charge >= 0.3 is 0 Å². The van der Waals surface area contributed by atoms with Crippen LogP contribution in [0.5, 0.6) is 0 Å². The molecule has 0 bridgehead atoms. The number of hydrogen-bond acceptors (Lipinski definition) is 7. The lowest BCUT2D eigenvalue weighted by Gasteiger charge is -2.34. The highest BCUT2D eigenvalue weighted by Gasteiger charge is 2.31. The van der Waals surface area contributed by atoms with E-state index in [1.165, 1.54) is 11.3 Å². The molecule has 0 aliphatic carbocycles. The van der Waals surface area contributed by atoms with Crippen LogP contribution in [0.25, 0.3) is 10.2 Å². The van der Waals surface area contributed by atoms with E-state index < -0.39 is 6.04 Å². The quantitative estimate of drug-likeness (QED) is 0.201. The van der Waals surface area contributed by atoms with Crippen LogP contribution in [0.2, 0.25) is 0 Å². The lowest BCUT2D eigenvalue weighted by atomic mass is 9.94. The highest BCUT2D eigenvalue weighted by molar-refractivity contribution is 7.20. The number of rotatable bonds is 13. The summed E-state index contributed by atoms with van der Waals surface area (Å²) in [6.07, 6.45) is 5.48. The van der Waals surface area contributed by atoms with E-state index in [1.807, 2.05) is 54.6 Å². The van der Waals surface area contributed by atoms with Crippen molar-refractivity contribution in [2.24, 2.45) is 17.6 Å². The number of carbonyl (C=O) groups is 3. The molecule has 37 heavy (non-hydrogen) atoms. The smallest absolute Gasteiger partial charge is 0.224 e. The third kappa shape index (κ3) is 7.53. The largest absolute Gasteiger partial charge is 0.346 e. The number of para-hydroxylation sites is 1. The molecule has 1 aliphatic heterocycles. The molecule has 3 N–H and O–H groups in total. The maximum Gasteiger partial charge on any atom is 0.224 e. The molecule has 4 rings (SSSR count). The van der Waals surface area contributed by atoms with Crippen LogP contribution < -0.4 is 11.1 Å². The van der Waals surface area contributed by atoms with Crippen LogP contribution >= 0.6 is 11.3 Å². The molecule has 1 fully saturated rings. The zero-order valence-electron chi connectivity index (χ0n) is 21.2. The first kappa shape index (κ1) is 27.1. The minimum atomic E-state index is -0.615. The molecular formula is C29H36N4O3S. The predicted octanol–water partition coefficient (Wildman–Crippen LogP) is 3.86. The third-order valence-electron chi connectivity index (χ3n) is 6.99. The zero-order chi connectivity index (χ0) is 26.0. The van der Waals surface area contributed by atoms with E-state index >= 15 is 0 Å². The highest BCUT2D eigenvalue weighted by atomic mass is 32.1. The van der Waals surface area contributed by atoms with E-state index in [-0.39, 0.29) is 23.5 Å². The number of Topliss-reactive ketones (excluding diaryl/α,β-unsaturated/α-hetero) is 1. The number of likely N-dealkylation sites (tertiary alicyclic amines) is 1. The van der Waals surface area contributed by atoms with Gasteiger partial charge in [0.1, 0.15) is 6.29 Å². The number of nitrogens with two attached hydrogens (primary N) is 1. The van der Waals surface area contributed by atoms with Crippen LogP contribution in [0.3, 0.4) is 0 Å². The number of amides is 1. The van der Waals surface area contributed by atoms with Gasteiger partial charge in [0.05, 0.1) is 22.2 Å². The summed E-state index contributed by atoms with van der Waals surface area (Å²) >= 11 is 1.37. The van der Waals surface area contributed by atoms with Crippen molar-refractivity contribution >= 4 is 39.5 Å². The number of hydrogen-bond donors (Lipinski definition) is 2. The normalized spacial score (nSPS) is 17.8. The number of nitrogens with one attached hydrogen (secondary N) is 1. The SMILES string of the molecule is NCCCCC(NC(=O)[C@@H]1CCCN(CC(C=O)Cc2ccccc2)C1)C(=O)c1nc2ccccc2s1. The van der Waals surface area contributed by atoms with E-state index in [0.29, 0.717) is 37.5 Å². The Hall–Kier alpha value is -2.94. The van der Waals surface area contributed by atoms with Crippen molar-refractivity contribution in [3.63, 3.8) is 0 Å². The van der Waals surface area contributed by atoms with E-state index in [9.17, 15) is 14.4 Å². The van der Waals surface area contributed by atoms with Crippen molar-refractivity contribution in [2.45, 2.75) is 44.6 Å². The fourth-order valence-electron chi connectivity index (χ4n) is 5.02. The molecule has 1 aliphatic rings. The molecule has 0 saturated carbocycles. The number of nitrogens with zero attached hydrogens (tertiary/aromatic N) is 2. The van der Waals surface area contributed by atoms with Gasteiger partial charge in [0.25, 0.3) is 0 Å². The predicted molar refractivity (Wildman–Crippen MR) is 148 cm³/mol. The molecule has 2 aromatic carbocycles. The number of ketones is 1. The maximum absolute atomic E-state index is 13.4. The molecule has 0 radical (unpaired) electrons. The Morgan fingerprint density at radius 2 is 1.92 bits per heavy atom. The molecule has 7 nitrogen and oxygen atoms in total. The molecule has 1 amide bonds. The first-order valence-corrected chi connectivity index (χ1v) is 14.0. The molecule has 196 valence electrons. The maximum atomic E-state index is 13.4. The van der Waals surface area contributed by atoms with Gasteiger partial charge in [-0.15, -0.1) is 11.3 Å². The Morgan fingerprint density at radius 1 is 1.14 bits per heavy atom. The first-order chi connectivity index (χ1) is 18.1. The number of unbranched alkanes of at least 4 members (excludes halogenated alkanes) is 1. The van der Waals surface area contributed by atoms with Crippen molar-refractivity contribution in [2.75, 3.05) is 26.2 Å². The summed E-state index contributed by atoms with van der Waals surface area (Å²) in [5.74, 6) is -0.558. The fourth-order valence-corrected chi connectivity index (χ4v) is 5.98. The lowest BCUT2D eigenvalue weighted by molar-refractivity contribution is -0.127. The van der Waals surface area contributed by atoms with Gasteiger partial charge in [-0.05, 0) is 69.3 Å². The second-order valence-corrected chi connectivity index (χ2v) is 10.9. The van der Waals surface area contributed by atoms with E-state index in [1.54, 1.807) is 0 Å². The number of carbonyl (C=O) groups excluding carboxylic acids is 3. The molecule has 1 saturated heterocycles. The van der Waals surface area contributed by atoms with Crippen LogP contribution in [0, 0.1) is 11.8 Å². The number of aromatic nitrogens is 1. The Labute approximate surface area is 222 Å². The van der Waals surface area contributed by atoms with Crippen LogP contribution in [0.4, 0.5) is 0 Å². The van der Waals surface area contributed by atoms with Gasteiger partial charge in [-0.25, -0.2) is 4.98 Å². The molecular weight excluding hydrogens is 484 g/mol. The Kier molecular flexibility index (Phi) is 9.93. The summed E-state index contributed by atoms with van der Waals surface area (Å²) in [5, 5.41) is 3.49. The number of aldehydes is 1. The Balaban J connectivity index is 1.38. The zero-order valence-corrected chi connectivity index (χ0v) is 22.0. The van der Waals surface area contributed by atoms with Crippen molar-refractivity contribution < 1.29 is 14.4 Å². The summed E-state index contributed by atoms with van der Waals surface area (Å²) in [6.45, 7) is 2.64. The van der Waals surface area contributed by atoms with E-state index in [0.717, 1.165) is 54.3 Å². The molecule has 0 spiro atoms. The summed E-state index contributed by atoms with van der Waals surface area (Å²) < 4.78 is 0.959. The average molecular weight is 521 g/mol. The summed E-state index contributed by atoms with van der Waals surface area (Å²) in [6, 6.07) is 17.1.